The molecule has 2 rings (SSSR count). The van der Waals surface area contributed by atoms with Crippen LogP contribution >= 0.6 is 0 Å². The van der Waals surface area contributed by atoms with E-state index < -0.39 is 0 Å². The van der Waals surface area contributed by atoms with Gasteiger partial charge in [0.15, 0.2) is 0 Å². The van der Waals surface area contributed by atoms with Gasteiger partial charge in [0.1, 0.15) is 0 Å². The molecule has 0 N–H and O–H groups in total. The summed E-state index contributed by atoms with van der Waals surface area (Å²) in [6, 6.07) is 10.8. The summed E-state index contributed by atoms with van der Waals surface area (Å²) in [7, 11) is 2.20. The van der Waals surface area contributed by atoms with E-state index in [2.05, 4.69) is 42.3 Å². The van der Waals surface area contributed by atoms with E-state index in [1.165, 1.54) is 25.1 Å². The minimum Gasteiger partial charge on any atom is -0.306 e. The van der Waals surface area contributed by atoms with Gasteiger partial charge < -0.3 is 4.90 Å². The molecule has 1 aliphatic heterocycles. The SMILES string of the molecule is CN1CCC(c2ccccc2)C1. The van der Waals surface area contributed by atoms with Crippen LogP contribution in [0.4, 0.5) is 0 Å². The maximum atomic E-state index is 2.40. The molecule has 1 aromatic carbocycles. The summed E-state index contributed by atoms with van der Waals surface area (Å²) >= 11 is 0. The molecule has 0 bridgehead atoms. The number of nitrogens with zero attached hydrogens (tertiary/aromatic N) is 1. The van der Waals surface area contributed by atoms with Crippen LogP contribution in [-0.2, 0) is 0 Å². The van der Waals surface area contributed by atoms with Crippen LogP contribution in [0.25, 0.3) is 0 Å². The summed E-state index contributed by atoms with van der Waals surface area (Å²) in [5.41, 5.74) is 1.50. The zero-order valence-electron chi connectivity index (χ0n) is 7.53. The molecule has 0 radical (unpaired) electrons. The van der Waals surface area contributed by atoms with Gasteiger partial charge in [-0.2, -0.15) is 0 Å². The van der Waals surface area contributed by atoms with Crippen LogP contribution in [0.15, 0.2) is 30.3 Å². The van der Waals surface area contributed by atoms with Crippen LogP contribution in [0.5, 0.6) is 0 Å². The van der Waals surface area contributed by atoms with Crippen molar-refractivity contribution in [3.8, 4) is 0 Å². The van der Waals surface area contributed by atoms with Gasteiger partial charge in [-0.25, -0.2) is 0 Å². The van der Waals surface area contributed by atoms with Crippen LogP contribution in [-0.4, -0.2) is 25.0 Å². The molecule has 1 saturated heterocycles. The molecule has 1 unspecified atom stereocenters. The average Bonchev–Trinajstić information content (AvgIpc) is 2.54. The fourth-order valence-electron chi connectivity index (χ4n) is 1.93. The number of hydrogen-bond acceptors (Lipinski definition) is 1. The van der Waals surface area contributed by atoms with Crippen LogP contribution < -0.4 is 0 Å². The van der Waals surface area contributed by atoms with Crippen molar-refractivity contribution in [1.29, 1.82) is 0 Å². The van der Waals surface area contributed by atoms with Crippen molar-refractivity contribution in [2.45, 2.75) is 12.3 Å². The van der Waals surface area contributed by atoms with Crippen LogP contribution in [0.1, 0.15) is 17.9 Å². The Morgan fingerprint density at radius 1 is 1.25 bits per heavy atom. The Bertz CT molecular complexity index is 242. The fraction of sp³-hybridized carbons (Fsp3) is 0.455. The molecule has 0 aliphatic carbocycles. The summed E-state index contributed by atoms with van der Waals surface area (Å²) in [6.45, 7) is 2.48. The molecule has 64 valence electrons. The molecule has 0 spiro atoms. The van der Waals surface area contributed by atoms with Gasteiger partial charge in [0.25, 0.3) is 0 Å². The van der Waals surface area contributed by atoms with E-state index in [1.54, 1.807) is 0 Å². The molecule has 1 fully saturated rings. The lowest BCUT2D eigenvalue weighted by atomic mass is 9.99. The Morgan fingerprint density at radius 3 is 2.58 bits per heavy atom. The van der Waals surface area contributed by atoms with Gasteiger partial charge >= 0.3 is 0 Å². The van der Waals surface area contributed by atoms with Crippen molar-refractivity contribution >= 4 is 0 Å². The Balaban J connectivity index is 2.11. The molecule has 1 atom stereocenters. The second-order valence-electron chi connectivity index (χ2n) is 3.66. The topological polar surface area (TPSA) is 3.24 Å². The van der Waals surface area contributed by atoms with Gasteiger partial charge in [-0.15, -0.1) is 0 Å². The van der Waals surface area contributed by atoms with Crippen molar-refractivity contribution in [3.05, 3.63) is 35.9 Å². The van der Waals surface area contributed by atoms with Crippen molar-refractivity contribution < 1.29 is 0 Å². The minimum absolute atomic E-state index is 0.774. The lowest BCUT2D eigenvalue weighted by molar-refractivity contribution is 0.411. The van der Waals surface area contributed by atoms with Gasteiger partial charge in [0, 0.05) is 6.54 Å². The van der Waals surface area contributed by atoms with Gasteiger partial charge in [-0.3, -0.25) is 0 Å². The predicted molar refractivity (Wildman–Crippen MR) is 51.3 cm³/mol. The second kappa shape index (κ2) is 3.28. The quantitative estimate of drug-likeness (QED) is 0.609. The first-order chi connectivity index (χ1) is 5.86. The molecule has 1 heteroatoms. The van der Waals surface area contributed by atoms with Crippen LogP contribution in [0.3, 0.4) is 0 Å². The van der Waals surface area contributed by atoms with E-state index in [-0.39, 0.29) is 0 Å². The molecular formula is C11H15N. The zero-order valence-corrected chi connectivity index (χ0v) is 7.53. The maximum Gasteiger partial charge on any atom is 0.00477 e. The standard InChI is InChI=1S/C11H15N/c1-12-8-7-11(9-12)10-5-3-2-4-6-10/h2-6,11H,7-9H2,1H3. The first-order valence-corrected chi connectivity index (χ1v) is 4.60. The fourth-order valence-corrected chi connectivity index (χ4v) is 1.93. The highest BCUT2D eigenvalue weighted by molar-refractivity contribution is 5.20. The second-order valence-corrected chi connectivity index (χ2v) is 3.66. The number of benzene rings is 1. The predicted octanol–water partition coefficient (Wildman–Crippen LogP) is 2.11. The maximum absolute atomic E-state index is 2.40. The highest BCUT2D eigenvalue weighted by Crippen LogP contribution is 2.25. The normalized spacial score (nSPS) is 24.6. The zero-order chi connectivity index (χ0) is 8.39. The first-order valence-electron chi connectivity index (χ1n) is 4.60. The molecule has 0 saturated carbocycles. The molecule has 1 aromatic rings. The first kappa shape index (κ1) is 7.81. The van der Waals surface area contributed by atoms with Crippen molar-refractivity contribution in [3.63, 3.8) is 0 Å². The molecule has 12 heavy (non-hydrogen) atoms. The summed E-state index contributed by atoms with van der Waals surface area (Å²) in [4.78, 5) is 2.40. The van der Waals surface area contributed by atoms with E-state index in [0.29, 0.717) is 0 Å². The number of likely N-dealkylation sites (tertiary alicyclic amines) is 1. The lowest BCUT2D eigenvalue weighted by Crippen LogP contribution is -2.13. The molecule has 1 heterocycles. The molecule has 1 nitrogen and oxygen atoms in total. The summed E-state index contributed by atoms with van der Waals surface area (Å²) in [5, 5.41) is 0. The molecule has 0 aromatic heterocycles. The Hall–Kier alpha value is -0.820. The Labute approximate surface area is 74.0 Å². The smallest absolute Gasteiger partial charge is 0.00477 e. The summed E-state index contributed by atoms with van der Waals surface area (Å²) in [5.74, 6) is 0.774. The third-order valence-corrected chi connectivity index (χ3v) is 2.66. The molecular weight excluding hydrogens is 146 g/mol. The summed E-state index contributed by atoms with van der Waals surface area (Å²) < 4.78 is 0. The van der Waals surface area contributed by atoms with Crippen LogP contribution in [0, 0.1) is 0 Å². The van der Waals surface area contributed by atoms with E-state index in [9.17, 15) is 0 Å². The Kier molecular flexibility index (Phi) is 2.13. The van der Waals surface area contributed by atoms with Crippen molar-refractivity contribution in [2.24, 2.45) is 0 Å². The monoisotopic (exact) mass is 161 g/mol. The average molecular weight is 161 g/mol. The van der Waals surface area contributed by atoms with E-state index in [1.807, 2.05) is 0 Å². The van der Waals surface area contributed by atoms with Crippen molar-refractivity contribution in [2.75, 3.05) is 20.1 Å². The highest BCUT2D eigenvalue weighted by atomic mass is 15.1. The van der Waals surface area contributed by atoms with E-state index >= 15 is 0 Å². The third-order valence-electron chi connectivity index (χ3n) is 2.66. The molecule has 1 aliphatic rings. The Morgan fingerprint density at radius 2 is 2.00 bits per heavy atom. The van der Waals surface area contributed by atoms with Crippen molar-refractivity contribution in [1.82, 2.24) is 4.90 Å². The number of hydrogen-bond donors (Lipinski definition) is 0. The molecule has 0 amide bonds. The summed E-state index contributed by atoms with van der Waals surface area (Å²) in [6.07, 6.45) is 1.32. The van der Waals surface area contributed by atoms with Gasteiger partial charge in [-0.1, -0.05) is 30.3 Å². The van der Waals surface area contributed by atoms with Crippen LogP contribution in [0.2, 0.25) is 0 Å². The van der Waals surface area contributed by atoms with Gasteiger partial charge in [-0.05, 0) is 31.5 Å². The minimum atomic E-state index is 0.774. The highest BCUT2D eigenvalue weighted by Gasteiger charge is 2.20. The van der Waals surface area contributed by atoms with Gasteiger partial charge in [0.05, 0.1) is 0 Å². The van der Waals surface area contributed by atoms with Gasteiger partial charge in [0.2, 0.25) is 0 Å². The number of likely N-dealkylation sites (N-methyl/N-ethyl adjacent to an activating group) is 1. The van der Waals surface area contributed by atoms with E-state index in [0.717, 1.165) is 5.92 Å². The number of rotatable bonds is 1. The third kappa shape index (κ3) is 1.51. The lowest BCUT2D eigenvalue weighted by Gasteiger charge is -2.09. The van der Waals surface area contributed by atoms with E-state index in [4.69, 9.17) is 0 Å². The largest absolute Gasteiger partial charge is 0.306 e.